The van der Waals surface area contributed by atoms with Crippen molar-refractivity contribution in [2.45, 2.75) is 24.8 Å². The largest absolute Gasteiger partial charge is 0.347 e. The van der Waals surface area contributed by atoms with Crippen molar-refractivity contribution in [3.8, 4) is 0 Å². The van der Waals surface area contributed by atoms with Gasteiger partial charge in [-0.1, -0.05) is 0 Å². The lowest BCUT2D eigenvalue weighted by atomic mass is 9.74. The van der Waals surface area contributed by atoms with Crippen molar-refractivity contribution in [2.24, 2.45) is 0 Å². The van der Waals surface area contributed by atoms with E-state index in [4.69, 9.17) is 0 Å². The standard InChI is InChI=1S/C10H11FN2O/c11-8-3-1-6-12-9(8)10(13-7-14)4-2-5-10/h1,3,6-7H,2,4-5H2,(H,13,14). The van der Waals surface area contributed by atoms with Crippen LogP contribution in [0.2, 0.25) is 0 Å². The van der Waals surface area contributed by atoms with Gasteiger partial charge in [0.1, 0.15) is 11.5 Å². The van der Waals surface area contributed by atoms with Crippen molar-refractivity contribution in [2.75, 3.05) is 0 Å². The molecule has 74 valence electrons. The Morgan fingerprint density at radius 1 is 1.57 bits per heavy atom. The summed E-state index contributed by atoms with van der Waals surface area (Å²) >= 11 is 0. The number of carbonyl (C=O) groups is 1. The molecule has 1 aliphatic carbocycles. The average Bonchev–Trinajstić information content (AvgIpc) is 2.13. The molecule has 0 atom stereocenters. The minimum absolute atomic E-state index is 0.346. The van der Waals surface area contributed by atoms with Crippen molar-refractivity contribution in [3.63, 3.8) is 0 Å². The summed E-state index contributed by atoms with van der Waals surface area (Å²) in [6, 6.07) is 2.92. The highest BCUT2D eigenvalue weighted by Crippen LogP contribution is 2.40. The number of halogens is 1. The second-order valence-corrected chi connectivity index (χ2v) is 3.53. The molecule has 1 heterocycles. The Kier molecular flexibility index (Phi) is 2.19. The van der Waals surface area contributed by atoms with E-state index < -0.39 is 5.54 Å². The van der Waals surface area contributed by atoms with Gasteiger partial charge in [-0.15, -0.1) is 0 Å². The molecule has 0 aliphatic heterocycles. The number of carbonyl (C=O) groups excluding carboxylic acids is 1. The Labute approximate surface area is 81.3 Å². The van der Waals surface area contributed by atoms with Gasteiger partial charge in [-0.05, 0) is 31.4 Å². The highest BCUT2D eigenvalue weighted by molar-refractivity contribution is 5.49. The van der Waals surface area contributed by atoms with Crippen molar-refractivity contribution >= 4 is 6.41 Å². The predicted molar refractivity (Wildman–Crippen MR) is 48.9 cm³/mol. The van der Waals surface area contributed by atoms with Crippen LogP contribution in [-0.2, 0) is 10.3 Å². The van der Waals surface area contributed by atoms with Crippen LogP contribution in [0, 0.1) is 5.82 Å². The molecule has 1 fully saturated rings. The number of pyridine rings is 1. The molecule has 1 saturated carbocycles. The minimum Gasteiger partial charge on any atom is -0.347 e. The summed E-state index contributed by atoms with van der Waals surface area (Å²) in [6.45, 7) is 0. The molecular weight excluding hydrogens is 183 g/mol. The van der Waals surface area contributed by atoms with Gasteiger partial charge >= 0.3 is 0 Å². The van der Waals surface area contributed by atoms with Gasteiger partial charge in [0.25, 0.3) is 0 Å². The summed E-state index contributed by atoms with van der Waals surface area (Å²) in [4.78, 5) is 14.4. The molecule has 1 N–H and O–H groups in total. The van der Waals surface area contributed by atoms with Gasteiger partial charge in [0, 0.05) is 6.20 Å². The van der Waals surface area contributed by atoms with Crippen molar-refractivity contribution in [1.82, 2.24) is 10.3 Å². The molecule has 0 spiro atoms. The summed E-state index contributed by atoms with van der Waals surface area (Å²) < 4.78 is 13.4. The molecular formula is C10H11FN2O. The lowest BCUT2D eigenvalue weighted by Crippen LogP contribution is -2.48. The number of amides is 1. The van der Waals surface area contributed by atoms with Crippen LogP contribution in [0.25, 0.3) is 0 Å². The Balaban J connectivity index is 2.36. The topological polar surface area (TPSA) is 42.0 Å². The van der Waals surface area contributed by atoms with Crippen LogP contribution >= 0.6 is 0 Å². The first-order valence-electron chi connectivity index (χ1n) is 4.61. The molecule has 0 radical (unpaired) electrons. The molecule has 1 aromatic rings. The van der Waals surface area contributed by atoms with Crippen molar-refractivity contribution in [1.29, 1.82) is 0 Å². The van der Waals surface area contributed by atoms with Crippen LogP contribution in [0.5, 0.6) is 0 Å². The summed E-state index contributed by atoms with van der Waals surface area (Å²) in [7, 11) is 0. The van der Waals surface area contributed by atoms with Crippen LogP contribution in [0.15, 0.2) is 18.3 Å². The number of nitrogens with zero attached hydrogens (tertiary/aromatic N) is 1. The molecule has 1 aromatic heterocycles. The first-order valence-corrected chi connectivity index (χ1v) is 4.61. The summed E-state index contributed by atoms with van der Waals surface area (Å²) in [5.41, 5.74) is -0.189. The zero-order valence-electron chi connectivity index (χ0n) is 7.66. The Morgan fingerprint density at radius 2 is 2.36 bits per heavy atom. The molecule has 0 aromatic carbocycles. The van der Waals surface area contributed by atoms with E-state index in [-0.39, 0.29) is 5.82 Å². The van der Waals surface area contributed by atoms with Gasteiger partial charge in [0.2, 0.25) is 6.41 Å². The van der Waals surface area contributed by atoms with Gasteiger partial charge in [-0.3, -0.25) is 9.78 Å². The number of hydrogen-bond donors (Lipinski definition) is 1. The minimum atomic E-state index is -0.549. The maximum absolute atomic E-state index is 13.4. The first-order chi connectivity index (χ1) is 6.78. The van der Waals surface area contributed by atoms with Crippen LogP contribution in [0.4, 0.5) is 4.39 Å². The van der Waals surface area contributed by atoms with Gasteiger partial charge in [0.05, 0.1) is 5.54 Å². The number of aromatic nitrogens is 1. The number of hydrogen-bond acceptors (Lipinski definition) is 2. The monoisotopic (exact) mass is 194 g/mol. The molecule has 2 rings (SSSR count). The first kappa shape index (κ1) is 9.12. The normalized spacial score (nSPS) is 18.4. The Hall–Kier alpha value is -1.45. The van der Waals surface area contributed by atoms with Crippen LogP contribution in [0.3, 0.4) is 0 Å². The SMILES string of the molecule is O=CNC1(c2ncccc2F)CCC1. The van der Waals surface area contributed by atoms with E-state index in [1.165, 1.54) is 6.07 Å². The highest BCUT2D eigenvalue weighted by atomic mass is 19.1. The molecule has 1 amide bonds. The van der Waals surface area contributed by atoms with E-state index in [9.17, 15) is 9.18 Å². The van der Waals surface area contributed by atoms with Crippen LogP contribution in [-0.4, -0.2) is 11.4 Å². The van der Waals surface area contributed by atoms with Crippen molar-refractivity contribution in [3.05, 3.63) is 29.8 Å². The van der Waals surface area contributed by atoms with Crippen LogP contribution < -0.4 is 5.32 Å². The number of nitrogens with one attached hydrogen (secondary N) is 1. The molecule has 3 nitrogen and oxygen atoms in total. The third-order valence-electron chi connectivity index (χ3n) is 2.75. The lowest BCUT2D eigenvalue weighted by molar-refractivity contribution is -0.112. The molecule has 14 heavy (non-hydrogen) atoms. The number of rotatable bonds is 3. The molecule has 0 unspecified atom stereocenters. The van der Waals surface area contributed by atoms with E-state index in [1.54, 1.807) is 12.3 Å². The second kappa shape index (κ2) is 3.36. The highest BCUT2D eigenvalue weighted by Gasteiger charge is 2.41. The zero-order valence-corrected chi connectivity index (χ0v) is 7.66. The van der Waals surface area contributed by atoms with Gasteiger partial charge in [-0.2, -0.15) is 0 Å². The Bertz CT molecular complexity index is 350. The summed E-state index contributed by atoms with van der Waals surface area (Å²) in [5.74, 6) is -0.346. The Morgan fingerprint density at radius 3 is 2.86 bits per heavy atom. The quantitative estimate of drug-likeness (QED) is 0.738. The molecule has 0 saturated heterocycles. The summed E-state index contributed by atoms with van der Waals surface area (Å²) in [5, 5.41) is 2.67. The van der Waals surface area contributed by atoms with E-state index in [1.807, 2.05) is 0 Å². The van der Waals surface area contributed by atoms with Crippen LogP contribution in [0.1, 0.15) is 25.0 Å². The van der Waals surface area contributed by atoms with E-state index >= 15 is 0 Å². The average molecular weight is 194 g/mol. The predicted octanol–water partition coefficient (Wildman–Crippen LogP) is 1.35. The summed E-state index contributed by atoms with van der Waals surface area (Å²) in [6.07, 6.45) is 4.69. The van der Waals surface area contributed by atoms with E-state index in [0.29, 0.717) is 12.1 Å². The van der Waals surface area contributed by atoms with Gasteiger partial charge in [0.15, 0.2) is 0 Å². The fraction of sp³-hybridized carbons (Fsp3) is 0.400. The zero-order chi connectivity index (χ0) is 10.0. The van der Waals surface area contributed by atoms with E-state index in [0.717, 1.165) is 19.3 Å². The molecule has 4 heteroatoms. The smallest absolute Gasteiger partial charge is 0.207 e. The molecule has 1 aliphatic rings. The second-order valence-electron chi connectivity index (χ2n) is 3.53. The molecule has 0 bridgehead atoms. The van der Waals surface area contributed by atoms with E-state index in [2.05, 4.69) is 10.3 Å². The lowest BCUT2D eigenvalue weighted by Gasteiger charge is -2.40. The van der Waals surface area contributed by atoms with Crippen molar-refractivity contribution < 1.29 is 9.18 Å². The van der Waals surface area contributed by atoms with Gasteiger partial charge in [-0.25, -0.2) is 4.39 Å². The maximum atomic E-state index is 13.4. The van der Waals surface area contributed by atoms with Gasteiger partial charge < -0.3 is 5.32 Å². The third kappa shape index (κ3) is 1.27. The maximum Gasteiger partial charge on any atom is 0.207 e. The third-order valence-corrected chi connectivity index (χ3v) is 2.75. The fourth-order valence-corrected chi connectivity index (χ4v) is 1.83. The fourth-order valence-electron chi connectivity index (χ4n) is 1.83.